The number of hydrogen-bond acceptors (Lipinski definition) is 5. The van der Waals surface area contributed by atoms with E-state index in [1.807, 2.05) is 18.5 Å². The van der Waals surface area contributed by atoms with Crippen LogP contribution in [0.1, 0.15) is 24.1 Å². The van der Waals surface area contributed by atoms with Gasteiger partial charge in [-0.2, -0.15) is 0 Å². The number of thiophene rings is 1. The summed E-state index contributed by atoms with van der Waals surface area (Å²) in [5.41, 5.74) is 2.38. The first-order valence-corrected chi connectivity index (χ1v) is 9.69. The van der Waals surface area contributed by atoms with E-state index in [2.05, 4.69) is 51.4 Å². The van der Waals surface area contributed by atoms with Crippen LogP contribution in [0.15, 0.2) is 48.1 Å². The molecule has 0 unspecified atom stereocenters. The zero-order valence-corrected chi connectivity index (χ0v) is 15.2. The molecule has 0 aliphatic carbocycles. The summed E-state index contributed by atoms with van der Waals surface area (Å²) in [4.78, 5) is 17.2. The summed E-state index contributed by atoms with van der Waals surface area (Å²) in [7, 11) is 0. The van der Waals surface area contributed by atoms with E-state index in [9.17, 15) is 0 Å². The Morgan fingerprint density at radius 2 is 2.04 bits per heavy atom. The minimum atomic E-state index is 0.736. The summed E-state index contributed by atoms with van der Waals surface area (Å²) >= 11 is 1.69. The molecule has 4 heterocycles. The molecule has 1 fully saturated rings. The Hall–Kier alpha value is -2.27. The van der Waals surface area contributed by atoms with Crippen molar-refractivity contribution in [2.75, 3.05) is 18.0 Å². The number of anilines is 1. The van der Waals surface area contributed by atoms with Crippen LogP contribution in [-0.4, -0.2) is 28.0 Å². The Morgan fingerprint density at radius 1 is 1.16 bits per heavy atom. The average molecular weight is 350 g/mol. The van der Waals surface area contributed by atoms with Gasteiger partial charge >= 0.3 is 0 Å². The van der Waals surface area contributed by atoms with E-state index in [1.54, 1.807) is 11.3 Å². The fourth-order valence-electron chi connectivity index (χ4n) is 3.45. The highest BCUT2D eigenvalue weighted by Crippen LogP contribution is 2.28. The molecular weight excluding hydrogens is 328 g/mol. The third-order valence-corrected chi connectivity index (χ3v) is 5.63. The molecule has 4 nitrogen and oxygen atoms in total. The first-order chi connectivity index (χ1) is 12.3. The van der Waals surface area contributed by atoms with Gasteiger partial charge in [-0.05, 0) is 55.2 Å². The molecule has 3 aromatic rings. The molecule has 0 radical (unpaired) electrons. The molecule has 3 aromatic heterocycles. The lowest BCUT2D eigenvalue weighted by Gasteiger charge is -2.33. The van der Waals surface area contributed by atoms with E-state index in [1.165, 1.54) is 18.4 Å². The first-order valence-electron chi connectivity index (χ1n) is 8.81. The molecular formula is C20H22N4S. The minimum absolute atomic E-state index is 0.736. The molecule has 0 atom stereocenters. The van der Waals surface area contributed by atoms with E-state index in [-0.39, 0.29) is 0 Å². The van der Waals surface area contributed by atoms with Gasteiger partial charge in [-0.3, -0.25) is 4.98 Å². The summed E-state index contributed by atoms with van der Waals surface area (Å²) in [6, 6.07) is 10.5. The molecule has 1 aliphatic rings. The molecule has 1 saturated heterocycles. The highest BCUT2D eigenvalue weighted by atomic mass is 32.1. The van der Waals surface area contributed by atoms with Crippen molar-refractivity contribution in [1.29, 1.82) is 0 Å². The van der Waals surface area contributed by atoms with Crippen molar-refractivity contribution in [3.05, 3.63) is 59.4 Å². The second-order valence-electron chi connectivity index (χ2n) is 6.66. The van der Waals surface area contributed by atoms with Crippen LogP contribution in [0.5, 0.6) is 0 Å². The fourth-order valence-corrected chi connectivity index (χ4v) is 4.11. The van der Waals surface area contributed by atoms with Crippen LogP contribution < -0.4 is 4.90 Å². The molecule has 0 aromatic carbocycles. The SMILES string of the molecule is Cc1cc(N2CCC(Cc3cccnc3)CC2)nc(-c2cccs2)n1. The molecule has 0 bridgehead atoms. The normalized spacial score (nSPS) is 15.5. The molecule has 0 amide bonds. The summed E-state index contributed by atoms with van der Waals surface area (Å²) in [5, 5.41) is 2.07. The zero-order valence-electron chi connectivity index (χ0n) is 14.4. The minimum Gasteiger partial charge on any atom is -0.356 e. The van der Waals surface area contributed by atoms with Crippen LogP contribution in [0.2, 0.25) is 0 Å². The number of rotatable bonds is 4. The van der Waals surface area contributed by atoms with Gasteiger partial charge < -0.3 is 4.90 Å². The van der Waals surface area contributed by atoms with Gasteiger partial charge in [-0.1, -0.05) is 12.1 Å². The van der Waals surface area contributed by atoms with Gasteiger partial charge in [0.05, 0.1) is 4.88 Å². The smallest absolute Gasteiger partial charge is 0.171 e. The maximum Gasteiger partial charge on any atom is 0.171 e. The maximum absolute atomic E-state index is 4.82. The Morgan fingerprint density at radius 3 is 2.76 bits per heavy atom. The van der Waals surface area contributed by atoms with Crippen molar-refractivity contribution >= 4 is 17.2 Å². The number of aryl methyl sites for hydroxylation is 1. The largest absolute Gasteiger partial charge is 0.356 e. The molecule has 0 spiro atoms. The van der Waals surface area contributed by atoms with E-state index in [0.29, 0.717) is 0 Å². The van der Waals surface area contributed by atoms with E-state index in [0.717, 1.165) is 47.6 Å². The zero-order chi connectivity index (χ0) is 17.1. The summed E-state index contributed by atoms with van der Waals surface area (Å²) in [5.74, 6) is 2.65. The van der Waals surface area contributed by atoms with Crippen LogP contribution >= 0.6 is 11.3 Å². The number of hydrogen-bond donors (Lipinski definition) is 0. The maximum atomic E-state index is 4.82. The fraction of sp³-hybridized carbons (Fsp3) is 0.350. The van der Waals surface area contributed by atoms with Crippen LogP contribution in [0.4, 0.5) is 5.82 Å². The van der Waals surface area contributed by atoms with Crippen LogP contribution in [-0.2, 0) is 6.42 Å². The number of nitrogens with zero attached hydrogens (tertiary/aromatic N) is 4. The van der Waals surface area contributed by atoms with Gasteiger partial charge in [0.1, 0.15) is 5.82 Å². The van der Waals surface area contributed by atoms with Crippen molar-refractivity contribution in [3.8, 4) is 10.7 Å². The molecule has 1 aliphatic heterocycles. The Bertz CT molecular complexity index is 809. The highest BCUT2D eigenvalue weighted by molar-refractivity contribution is 7.13. The molecule has 25 heavy (non-hydrogen) atoms. The van der Waals surface area contributed by atoms with Crippen molar-refractivity contribution in [3.63, 3.8) is 0 Å². The van der Waals surface area contributed by atoms with Crippen molar-refractivity contribution in [2.24, 2.45) is 5.92 Å². The predicted molar refractivity (Wildman–Crippen MR) is 103 cm³/mol. The standard InChI is InChI=1S/C20H22N4S/c1-15-12-19(23-20(22-15)18-5-3-11-25-18)24-9-6-16(7-10-24)13-17-4-2-8-21-14-17/h2-5,8,11-12,14,16H,6-7,9-10,13H2,1H3. The molecule has 0 N–H and O–H groups in total. The van der Waals surface area contributed by atoms with Crippen LogP contribution in [0, 0.1) is 12.8 Å². The lowest BCUT2D eigenvalue weighted by molar-refractivity contribution is 0.402. The average Bonchev–Trinajstić information content (AvgIpc) is 3.17. The van der Waals surface area contributed by atoms with Crippen molar-refractivity contribution in [2.45, 2.75) is 26.2 Å². The van der Waals surface area contributed by atoms with Gasteiger partial charge in [0.2, 0.25) is 0 Å². The number of piperidine rings is 1. The quantitative estimate of drug-likeness (QED) is 0.701. The summed E-state index contributed by atoms with van der Waals surface area (Å²) < 4.78 is 0. The van der Waals surface area contributed by atoms with E-state index < -0.39 is 0 Å². The summed E-state index contributed by atoms with van der Waals surface area (Å²) in [6.07, 6.45) is 7.37. The third-order valence-electron chi connectivity index (χ3n) is 4.77. The lowest BCUT2D eigenvalue weighted by atomic mass is 9.91. The van der Waals surface area contributed by atoms with Crippen LogP contribution in [0.3, 0.4) is 0 Å². The summed E-state index contributed by atoms with van der Waals surface area (Å²) in [6.45, 7) is 4.17. The highest BCUT2D eigenvalue weighted by Gasteiger charge is 2.21. The Kier molecular flexibility index (Phi) is 4.74. The second-order valence-corrected chi connectivity index (χ2v) is 7.61. The van der Waals surface area contributed by atoms with Gasteiger partial charge in [0.25, 0.3) is 0 Å². The van der Waals surface area contributed by atoms with Gasteiger partial charge in [0, 0.05) is 37.2 Å². The van der Waals surface area contributed by atoms with Gasteiger partial charge in [-0.25, -0.2) is 9.97 Å². The topological polar surface area (TPSA) is 41.9 Å². The van der Waals surface area contributed by atoms with Crippen molar-refractivity contribution in [1.82, 2.24) is 15.0 Å². The van der Waals surface area contributed by atoms with Crippen LogP contribution in [0.25, 0.3) is 10.7 Å². The molecule has 0 saturated carbocycles. The van der Waals surface area contributed by atoms with E-state index >= 15 is 0 Å². The van der Waals surface area contributed by atoms with E-state index in [4.69, 9.17) is 4.98 Å². The second kappa shape index (κ2) is 7.31. The monoisotopic (exact) mass is 350 g/mol. The first kappa shape index (κ1) is 16.2. The number of aromatic nitrogens is 3. The Labute approximate surface area is 152 Å². The predicted octanol–water partition coefficient (Wildman–Crippen LogP) is 4.37. The molecule has 128 valence electrons. The molecule has 5 heteroatoms. The molecule has 4 rings (SSSR count). The third kappa shape index (κ3) is 3.87. The Balaban J connectivity index is 1.44. The lowest BCUT2D eigenvalue weighted by Crippen LogP contribution is -2.35. The van der Waals surface area contributed by atoms with Gasteiger partial charge in [0.15, 0.2) is 5.82 Å². The van der Waals surface area contributed by atoms with Crippen molar-refractivity contribution < 1.29 is 0 Å². The van der Waals surface area contributed by atoms with Gasteiger partial charge in [-0.15, -0.1) is 11.3 Å². The number of pyridine rings is 1.